The Morgan fingerprint density at radius 3 is 1.80 bits per heavy atom. The summed E-state index contributed by atoms with van der Waals surface area (Å²) in [7, 11) is 4.75. The first-order valence-electron chi connectivity index (χ1n) is 0.475. The van der Waals surface area contributed by atoms with Crippen molar-refractivity contribution in [3.05, 3.63) is 0 Å². The second-order valence-corrected chi connectivity index (χ2v) is 1.13. The highest BCUT2D eigenvalue weighted by Gasteiger charge is 1.61. The van der Waals surface area contributed by atoms with Crippen molar-refractivity contribution in [2.24, 2.45) is 0 Å². The lowest BCUT2D eigenvalue weighted by atomic mass is 15.9. The molecule has 1 nitrogen and oxygen atoms in total. The Morgan fingerprint density at radius 1 is 1.60 bits per heavy atom. The smallest absolute Gasteiger partial charge is 0.125 e. The standard InChI is InChI=1S/Cl2OS.P/c1-3-4-2;. The summed E-state index contributed by atoms with van der Waals surface area (Å²) in [5.74, 6) is 0. The molecule has 0 heterocycles. The second-order valence-electron chi connectivity index (χ2n) is 0.126. The Hall–Kier alpha value is 1.32. The fourth-order valence-corrected chi connectivity index (χ4v) is 0. The molecule has 0 amide bonds. The summed E-state index contributed by atoms with van der Waals surface area (Å²) in [5.41, 5.74) is 0. The molecule has 0 N–H and O–H groups in total. The highest BCUT2D eigenvalue weighted by Crippen LogP contribution is 2.08. The van der Waals surface area contributed by atoms with Gasteiger partial charge in [-0.1, -0.05) is 0 Å². The Bertz CT molecular complexity index is 11.6. The first kappa shape index (κ1) is 9.58. The van der Waals surface area contributed by atoms with Gasteiger partial charge >= 0.3 is 0 Å². The average molecular weight is 150 g/mol. The minimum absolute atomic E-state index is 0. The molecule has 0 saturated carbocycles. The zero-order valence-electron chi connectivity index (χ0n) is 2.02. The SMILES string of the molecule is ClOSCl.[P]. The topological polar surface area (TPSA) is 9.23 Å². The van der Waals surface area contributed by atoms with E-state index in [9.17, 15) is 0 Å². The van der Waals surface area contributed by atoms with Crippen molar-refractivity contribution in [2.75, 3.05) is 0 Å². The maximum absolute atomic E-state index is 4.75. The van der Waals surface area contributed by atoms with Crippen LogP contribution in [0.2, 0.25) is 0 Å². The van der Waals surface area contributed by atoms with Crippen LogP contribution in [0.15, 0.2) is 0 Å². The summed E-state index contributed by atoms with van der Waals surface area (Å²) in [6, 6.07) is 0. The molecule has 0 aromatic rings. The number of hydrogen-bond acceptors (Lipinski definition) is 2. The molecule has 0 aliphatic rings. The van der Waals surface area contributed by atoms with Crippen LogP contribution < -0.4 is 0 Å². The van der Waals surface area contributed by atoms with Crippen molar-refractivity contribution < 1.29 is 3.74 Å². The maximum Gasteiger partial charge on any atom is 0.125 e. The molecule has 0 aromatic heterocycles. The quantitative estimate of drug-likeness (QED) is 0.419. The highest BCUT2D eigenvalue weighted by molar-refractivity contribution is 8.17. The summed E-state index contributed by atoms with van der Waals surface area (Å²) >= 11 is 5.11. The van der Waals surface area contributed by atoms with E-state index in [-0.39, 0.29) is 9.90 Å². The van der Waals surface area contributed by atoms with Gasteiger partial charge in [0.1, 0.15) is 11.3 Å². The lowest BCUT2D eigenvalue weighted by molar-refractivity contribution is 0.739. The van der Waals surface area contributed by atoms with Gasteiger partial charge in [-0.25, -0.2) is 0 Å². The van der Waals surface area contributed by atoms with Gasteiger partial charge < -0.3 is 0 Å². The molecule has 5 heteroatoms. The second kappa shape index (κ2) is 9.01. The lowest BCUT2D eigenvalue weighted by Crippen LogP contribution is -1.28. The average Bonchev–Trinajstić information content (AvgIpc) is 1.37. The predicted octanol–water partition coefficient (Wildman–Crippen LogP) is 2.82. The van der Waals surface area contributed by atoms with Crippen molar-refractivity contribution in [3.8, 4) is 0 Å². The van der Waals surface area contributed by atoms with Crippen molar-refractivity contribution in [1.82, 2.24) is 0 Å². The molecule has 0 spiro atoms. The Kier molecular flexibility index (Phi) is 17.3. The van der Waals surface area contributed by atoms with Crippen LogP contribution in [-0.4, -0.2) is 0 Å². The van der Waals surface area contributed by atoms with E-state index in [1.807, 2.05) is 0 Å². The van der Waals surface area contributed by atoms with Gasteiger partial charge in [-0.15, -0.1) is 0 Å². The third-order valence-electron chi connectivity index (χ3n) is 0.0238. The van der Waals surface area contributed by atoms with Gasteiger partial charge in [0.2, 0.25) is 0 Å². The molecule has 0 bridgehead atoms. The van der Waals surface area contributed by atoms with E-state index in [1.165, 1.54) is 0 Å². The van der Waals surface area contributed by atoms with Crippen LogP contribution in [-0.2, 0) is 3.74 Å². The summed E-state index contributed by atoms with van der Waals surface area (Å²) in [5, 5.41) is 0. The molecule has 0 saturated heterocycles. The van der Waals surface area contributed by atoms with Gasteiger partial charge in [0.25, 0.3) is 0 Å². The summed E-state index contributed by atoms with van der Waals surface area (Å²) in [6.45, 7) is 0. The highest BCUT2D eigenvalue weighted by atomic mass is 35.7. The van der Waals surface area contributed by atoms with Crippen molar-refractivity contribution in [1.29, 1.82) is 0 Å². The van der Waals surface area contributed by atoms with E-state index < -0.39 is 0 Å². The largest absolute Gasteiger partial charge is 0.190 e. The van der Waals surface area contributed by atoms with Gasteiger partial charge in [0.05, 0.1) is 11.9 Å². The van der Waals surface area contributed by atoms with Crippen LogP contribution in [0.4, 0.5) is 0 Å². The van der Waals surface area contributed by atoms with E-state index in [2.05, 4.69) is 15.6 Å². The van der Waals surface area contributed by atoms with Gasteiger partial charge in [0.15, 0.2) is 0 Å². The van der Waals surface area contributed by atoms with Crippen LogP contribution in [0.3, 0.4) is 0 Å². The number of halogens is 2. The van der Waals surface area contributed by atoms with Gasteiger partial charge in [-0.05, 0) is 10.7 Å². The molecule has 31 valence electrons. The predicted molar refractivity (Wildman–Crippen MR) is 27.3 cm³/mol. The fraction of sp³-hybridized carbons (Fsp3) is 0. The molecular weight excluding hydrogens is 150 g/mol. The zero-order chi connectivity index (χ0) is 3.41. The van der Waals surface area contributed by atoms with Gasteiger partial charge in [-0.3, -0.25) is 0 Å². The van der Waals surface area contributed by atoms with E-state index >= 15 is 0 Å². The van der Waals surface area contributed by atoms with Crippen LogP contribution in [0.25, 0.3) is 0 Å². The monoisotopic (exact) mass is 149 g/mol. The molecular formula is Cl2OPS. The first-order chi connectivity index (χ1) is 1.91. The minimum Gasteiger partial charge on any atom is -0.190 e. The van der Waals surface area contributed by atoms with Crippen LogP contribution in [0, 0.1) is 0 Å². The molecule has 0 aliphatic carbocycles. The fourth-order valence-electron chi connectivity index (χ4n) is 0. The third kappa shape index (κ3) is 10.9. The van der Waals surface area contributed by atoms with Crippen LogP contribution in [0.1, 0.15) is 0 Å². The first-order valence-corrected chi connectivity index (χ1v) is 2.35. The van der Waals surface area contributed by atoms with Crippen molar-refractivity contribution in [2.45, 2.75) is 0 Å². The van der Waals surface area contributed by atoms with E-state index in [0.29, 0.717) is 11.3 Å². The third-order valence-corrected chi connectivity index (χ3v) is 0.643. The Balaban J connectivity index is 0. The molecule has 0 unspecified atom stereocenters. The van der Waals surface area contributed by atoms with Crippen molar-refractivity contribution in [3.63, 3.8) is 0 Å². The van der Waals surface area contributed by atoms with Crippen molar-refractivity contribution >= 4 is 43.7 Å². The molecule has 0 fully saturated rings. The summed E-state index contributed by atoms with van der Waals surface area (Å²) in [6.07, 6.45) is 0. The van der Waals surface area contributed by atoms with E-state index in [1.54, 1.807) is 0 Å². The van der Waals surface area contributed by atoms with E-state index in [4.69, 9.17) is 10.7 Å². The number of rotatable bonds is 1. The Morgan fingerprint density at radius 2 is 1.80 bits per heavy atom. The van der Waals surface area contributed by atoms with Gasteiger partial charge in [-0.2, -0.15) is 3.74 Å². The molecule has 0 aromatic carbocycles. The zero-order valence-corrected chi connectivity index (χ0v) is 5.24. The van der Waals surface area contributed by atoms with Gasteiger partial charge in [0, 0.05) is 9.90 Å². The number of hydrogen-bond donors (Lipinski definition) is 0. The molecule has 0 rings (SSSR count). The lowest BCUT2D eigenvalue weighted by Gasteiger charge is -1.64. The summed E-state index contributed by atoms with van der Waals surface area (Å²) in [4.78, 5) is 0. The molecule has 0 aliphatic heterocycles. The molecule has 0 atom stereocenters. The summed E-state index contributed by atoms with van der Waals surface area (Å²) < 4.78 is 3.70. The van der Waals surface area contributed by atoms with Crippen LogP contribution >= 0.6 is 43.7 Å². The molecule has 5 heavy (non-hydrogen) atoms. The molecule has 3 radical (unpaired) electrons. The normalized spacial score (nSPS) is 6.00. The maximum atomic E-state index is 4.75. The minimum atomic E-state index is 0. The van der Waals surface area contributed by atoms with E-state index in [0.717, 1.165) is 0 Å². The van der Waals surface area contributed by atoms with Crippen LogP contribution in [0.5, 0.6) is 0 Å². The Labute approximate surface area is 47.9 Å².